The maximum Gasteiger partial charge on any atom is 0.349 e. The number of aliphatic carboxylic acids is 1. The molecule has 0 spiro atoms. The summed E-state index contributed by atoms with van der Waals surface area (Å²) in [6.07, 6.45) is -2.43. The van der Waals surface area contributed by atoms with Crippen molar-refractivity contribution in [2.75, 3.05) is 6.61 Å². The van der Waals surface area contributed by atoms with Gasteiger partial charge >= 0.3 is 11.9 Å². The van der Waals surface area contributed by atoms with E-state index >= 15 is 0 Å². The molecule has 0 bridgehead atoms. The van der Waals surface area contributed by atoms with Crippen molar-refractivity contribution in [3.8, 4) is 0 Å². The van der Waals surface area contributed by atoms with E-state index in [2.05, 4.69) is 4.74 Å². The van der Waals surface area contributed by atoms with Gasteiger partial charge in [0.1, 0.15) is 0 Å². The van der Waals surface area contributed by atoms with Crippen molar-refractivity contribution in [3.63, 3.8) is 0 Å². The van der Waals surface area contributed by atoms with Crippen LogP contribution in [-0.4, -0.2) is 47.1 Å². The minimum Gasteiger partial charge on any atom is -0.479 e. The average molecular weight is 296 g/mol. The Bertz CT molecular complexity index is 363. The van der Waals surface area contributed by atoms with E-state index in [1.54, 1.807) is 6.92 Å². The summed E-state index contributed by atoms with van der Waals surface area (Å²) in [6, 6.07) is 0. The van der Waals surface area contributed by atoms with Gasteiger partial charge in [0.2, 0.25) is 0 Å². The van der Waals surface area contributed by atoms with Gasteiger partial charge in [-0.3, -0.25) is 9.59 Å². The van der Waals surface area contributed by atoms with E-state index in [4.69, 9.17) is 5.11 Å². The molecular weight excluding hydrogens is 278 g/mol. The first-order chi connectivity index (χ1) is 9.04. The molecule has 116 valence electrons. The van der Waals surface area contributed by atoms with Gasteiger partial charge in [-0.2, -0.15) is 0 Å². The molecule has 0 heterocycles. The van der Waals surface area contributed by atoms with E-state index in [0.29, 0.717) is 0 Å². The molecule has 0 aromatic rings. The van der Waals surface area contributed by atoms with Crippen molar-refractivity contribution in [1.29, 1.82) is 0 Å². The highest BCUT2D eigenvalue weighted by molar-refractivity contribution is 6.05. The Morgan fingerprint density at radius 2 is 1.65 bits per heavy atom. The molecular formula is C12H18F2O6. The Hall–Kier alpha value is -1.86. The summed E-state index contributed by atoms with van der Waals surface area (Å²) in [6.45, 7) is 4.88. The van der Waals surface area contributed by atoms with Gasteiger partial charge < -0.3 is 9.84 Å². The second kappa shape index (κ2) is 9.11. The van der Waals surface area contributed by atoms with Crippen molar-refractivity contribution in [3.05, 3.63) is 0 Å². The SMILES string of the molecule is CCC(F)(C(C)=O)C(=O)O.CCOC(=O)C(F)C(C)=O. The lowest BCUT2D eigenvalue weighted by Crippen LogP contribution is -2.39. The van der Waals surface area contributed by atoms with Gasteiger partial charge in [0.15, 0.2) is 11.6 Å². The van der Waals surface area contributed by atoms with Crippen LogP contribution in [0.1, 0.15) is 34.1 Å². The van der Waals surface area contributed by atoms with Crippen LogP contribution in [-0.2, 0) is 23.9 Å². The van der Waals surface area contributed by atoms with Crippen LogP contribution in [0, 0.1) is 0 Å². The molecule has 0 radical (unpaired) electrons. The highest BCUT2D eigenvalue weighted by Gasteiger charge is 2.41. The summed E-state index contributed by atoms with van der Waals surface area (Å²) in [4.78, 5) is 41.0. The number of hydrogen-bond acceptors (Lipinski definition) is 5. The van der Waals surface area contributed by atoms with Crippen LogP contribution >= 0.6 is 0 Å². The average Bonchev–Trinajstić information content (AvgIpc) is 2.37. The van der Waals surface area contributed by atoms with E-state index in [0.717, 1.165) is 13.8 Å². The van der Waals surface area contributed by atoms with Crippen molar-refractivity contribution in [2.24, 2.45) is 0 Å². The fourth-order valence-corrected chi connectivity index (χ4v) is 0.932. The van der Waals surface area contributed by atoms with Crippen LogP contribution in [0.25, 0.3) is 0 Å². The number of carboxylic acid groups (broad SMARTS) is 1. The van der Waals surface area contributed by atoms with Crippen molar-refractivity contribution in [2.45, 2.75) is 46.0 Å². The lowest BCUT2D eigenvalue weighted by molar-refractivity contribution is -0.157. The van der Waals surface area contributed by atoms with Crippen LogP contribution < -0.4 is 0 Å². The Morgan fingerprint density at radius 1 is 1.20 bits per heavy atom. The topological polar surface area (TPSA) is 97.7 Å². The van der Waals surface area contributed by atoms with Crippen molar-refractivity contribution in [1.82, 2.24) is 0 Å². The molecule has 6 nitrogen and oxygen atoms in total. The molecule has 8 heteroatoms. The maximum absolute atomic E-state index is 12.8. The number of carbonyl (C=O) groups is 4. The summed E-state index contributed by atoms with van der Waals surface area (Å²) >= 11 is 0. The predicted molar refractivity (Wildman–Crippen MR) is 64.7 cm³/mol. The zero-order valence-corrected chi connectivity index (χ0v) is 11.7. The number of ether oxygens (including phenoxy) is 1. The lowest BCUT2D eigenvalue weighted by atomic mass is 9.99. The van der Waals surface area contributed by atoms with Crippen LogP contribution in [0.5, 0.6) is 0 Å². The fraction of sp³-hybridized carbons (Fsp3) is 0.667. The Labute approximate surface area is 115 Å². The van der Waals surface area contributed by atoms with Gasteiger partial charge in [0.05, 0.1) is 6.61 Å². The third-order valence-electron chi connectivity index (χ3n) is 2.23. The molecule has 0 aromatic carbocycles. The maximum atomic E-state index is 12.8. The molecule has 0 saturated carbocycles. The van der Waals surface area contributed by atoms with Crippen molar-refractivity contribution >= 4 is 23.5 Å². The van der Waals surface area contributed by atoms with E-state index < -0.39 is 35.3 Å². The normalized spacial score (nSPS) is 14.1. The number of Topliss-reactive ketones (excluding diaryl/α,β-unsaturated/α-hetero) is 2. The second-order valence-electron chi connectivity index (χ2n) is 3.74. The fourth-order valence-electron chi connectivity index (χ4n) is 0.932. The van der Waals surface area contributed by atoms with Gasteiger partial charge in [0.25, 0.3) is 11.8 Å². The number of esters is 1. The Balaban J connectivity index is 0. The standard InChI is InChI=1S/2C6H9FO3/c1-3-6(7,4(2)8)5(9)10;1-3-10-6(9)5(7)4(2)8/h3H2,1-2H3,(H,9,10);5H,3H2,1-2H3. The van der Waals surface area contributed by atoms with Crippen molar-refractivity contribution < 1.29 is 37.8 Å². The van der Waals surface area contributed by atoms with Gasteiger partial charge in [-0.1, -0.05) is 6.92 Å². The molecule has 2 atom stereocenters. The summed E-state index contributed by atoms with van der Waals surface area (Å²) in [5.74, 6) is -4.58. The number of alkyl halides is 2. The number of rotatable bonds is 6. The molecule has 1 N–H and O–H groups in total. The van der Waals surface area contributed by atoms with Crippen LogP contribution in [0.3, 0.4) is 0 Å². The quantitative estimate of drug-likeness (QED) is 0.585. The van der Waals surface area contributed by atoms with Gasteiger partial charge in [-0.25, -0.2) is 18.4 Å². The van der Waals surface area contributed by atoms with Gasteiger partial charge in [-0.05, 0) is 27.2 Å². The Kier molecular flexibility index (Phi) is 9.32. The summed E-state index contributed by atoms with van der Waals surface area (Å²) in [5.41, 5.74) is -2.68. The summed E-state index contributed by atoms with van der Waals surface area (Å²) < 4.78 is 29.3. The summed E-state index contributed by atoms with van der Waals surface area (Å²) in [5, 5.41) is 8.21. The first-order valence-electron chi connectivity index (χ1n) is 5.79. The van der Waals surface area contributed by atoms with E-state index in [9.17, 15) is 28.0 Å². The lowest BCUT2D eigenvalue weighted by Gasteiger charge is -2.13. The number of halogens is 2. The number of ketones is 2. The molecule has 0 fully saturated rings. The monoisotopic (exact) mass is 296 g/mol. The largest absolute Gasteiger partial charge is 0.479 e. The van der Waals surface area contributed by atoms with Crippen LogP contribution in [0.15, 0.2) is 0 Å². The first-order valence-corrected chi connectivity index (χ1v) is 5.79. The number of carbonyl (C=O) groups excluding carboxylic acids is 3. The van der Waals surface area contributed by atoms with Crippen LogP contribution in [0.4, 0.5) is 8.78 Å². The highest BCUT2D eigenvalue weighted by atomic mass is 19.1. The number of carboxylic acids is 1. The smallest absolute Gasteiger partial charge is 0.349 e. The van der Waals surface area contributed by atoms with Gasteiger partial charge in [0, 0.05) is 0 Å². The molecule has 2 unspecified atom stereocenters. The third kappa shape index (κ3) is 6.35. The predicted octanol–water partition coefficient (Wildman–Crippen LogP) is 1.25. The molecule has 0 aromatic heterocycles. The highest BCUT2D eigenvalue weighted by Crippen LogP contribution is 2.16. The molecule has 0 aliphatic carbocycles. The third-order valence-corrected chi connectivity index (χ3v) is 2.23. The molecule has 0 rings (SSSR count). The van der Waals surface area contributed by atoms with Crippen LogP contribution in [0.2, 0.25) is 0 Å². The molecule has 0 aliphatic rings. The van der Waals surface area contributed by atoms with E-state index in [1.165, 1.54) is 6.92 Å². The summed E-state index contributed by atoms with van der Waals surface area (Å²) in [7, 11) is 0. The van der Waals surface area contributed by atoms with Gasteiger partial charge in [-0.15, -0.1) is 0 Å². The molecule has 0 saturated heterocycles. The zero-order chi connectivity index (χ0) is 16.5. The van der Waals surface area contributed by atoms with E-state index in [1.807, 2.05) is 0 Å². The van der Waals surface area contributed by atoms with E-state index in [-0.39, 0.29) is 13.0 Å². The first kappa shape index (κ1) is 20.5. The minimum atomic E-state index is -2.68. The minimum absolute atomic E-state index is 0.0898. The molecule has 20 heavy (non-hydrogen) atoms. The zero-order valence-electron chi connectivity index (χ0n) is 11.7. The molecule has 0 aliphatic heterocycles. The second-order valence-corrected chi connectivity index (χ2v) is 3.74. The number of hydrogen-bond donors (Lipinski definition) is 1. The molecule has 0 amide bonds. The Morgan fingerprint density at radius 3 is 1.80 bits per heavy atom.